The van der Waals surface area contributed by atoms with Crippen molar-refractivity contribution < 1.29 is 19.3 Å². The van der Waals surface area contributed by atoms with Crippen LogP contribution in [-0.4, -0.2) is 25.9 Å². The van der Waals surface area contributed by atoms with Gasteiger partial charge in [-0.25, -0.2) is 0 Å². The molecule has 0 saturated carbocycles. The smallest absolute Gasteiger partial charge is 0.126 e. The predicted octanol–water partition coefficient (Wildman–Crippen LogP) is 3.13. The first-order valence-electron chi connectivity index (χ1n) is 6.88. The zero-order chi connectivity index (χ0) is 14.8. The van der Waals surface area contributed by atoms with Crippen LogP contribution in [0.3, 0.4) is 0 Å². The summed E-state index contributed by atoms with van der Waals surface area (Å²) in [7, 11) is 3.23. The summed E-state index contributed by atoms with van der Waals surface area (Å²) < 4.78 is 16.1. The Morgan fingerprint density at radius 1 is 1.05 bits per heavy atom. The van der Waals surface area contributed by atoms with E-state index in [-0.39, 0.29) is 11.7 Å². The molecule has 0 saturated heterocycles. The first kappa shape index (κ1) is 13.6. The second-order valence-corrected chi connectivity index (χ2v) is 5.11. The quantitative estimate of drug-likeness (QED) is 0.941. The number of ether oxygens (including phenoxy) is 3. The van der Waals surface area contributed by atoms with Gasteiger partial charge in [-0.2, -0.15) is 0 Å². The molecule has 2 aromatic rings. The van der Waals surface area contributed by atoms with Gasteiger partial charge in [0.25, 0.3) is 0 Å². The number of phenols is 1. The van der Waals surface area contributed by atoms with Gasteiger partial charge < -0.3 is 19.3 Å². The number of fused-ring (bicyclic) bond motifs is 1. The molecule has 3 rings (SSSR count). The number of hydrogen-bond acceptors (Lipinski definition) is 4. The van der Waals surface area contributed by atoms with Gasteiger partial charge in [-0.05, 0) is 24.1 Å². The van der Waals surface area contributed by atoms with Crippen LogP contribution in [0, 0.1) is 0 Å². The van der Waals surface area contributed by atoms with E-state index in [1.54, 1.807) is 20.3 Å². The van der Waals surface area contributed by atoms with Gasteiger partial charge in [-0.3, -0.25) is 0 Å². The molecule has 0 aromatic heterocycles. The van der Waals surface area contributed by atoms with E-state index in [9.17, 15) is 5.11 Å². The van der Waals surface area contributed by atoms with Gasteiger partial charge in [-0.15, -0.1) is 0 Å². The lowest BCUT2D eigenvalue weighted by atomic mass is 9.89. The number of methoxy groups -OCH3 is 2. The van der Waals surface area contributed by atoms with Crippen LogP contribution in [0.2, 0.25) is 0 Å². The molecule has 1 aliphatic rings. The van der Waals surface area contributed by atoms with E-state index >= 15 is 0 Å². The third kappa shape index (κ3) is 2.61. The van der Waals surface area contributed by atoms with Crippen LogP contribution in [0.15, 0.2) is 36.4 Å². The molecule has 4 nitrogen and oxygen atoms in total. The largest absolute Gasteiger partial charge is 0.508 e. The zero-order valence-electron chi connectivity index (χ0n) is 12.1. The molecule has 0 aliphatic carbocycles. The van der Waals surface area contributed by atoms with Crippen LogP contribution >= 0.6 is 0 Å². The number of phenolic OH excluding ortho intramolecular Hbond substituents is 1. The molecule has 0 bridgehead atoms. The Morgan fingerprint density at radius 2 is 1.76 bits per heavy atom. The predicted molar refractivity (Wildman–Crippen MR) is 79.6 cm³/mol. The lowest BCUT2D eigenvalue weighted by molar-refractivity contribution is 0.258. The fourth-order valence-corrected chi connectivity index (χ4v) is 2.68. The molecule has 1 heterocycles. The number of aromatic hydroxyl groups is 1. The fraction of sp³-hybridized carbons (Fsp3) is 0.294. The minimum Gasteiger partial charge on any atom is -0.508 e. The van der Waals surface area contributed by atoms with Crippen LogP contribution in [0.1, 0.15) is 17.0 Å². The van der Waals surface area contributed by atoms with E-state index in [1.165, 1.54) is 0 Å². The van der Waals surface area contributed by atoms with Crippen molar-refractivity contribution in [2.24, 2.45) is 0 Å². The normalized spacial score (nSPS) is 16.8. The standard InChI is InChI=1S/C17H18O4/c1-19-13-5-6-15(16(18)8-13)12-7-11-3-4-14(20-2)9-17(11)21-10-12/h3-6,8-9,12,18H,7,10H2,1-2H3/t12-/m1/s1. The van der Waals surface area contributed by atoms with Crippen molar-refractivity contribution in [1.29, 1.82) is 0 Å². The lowest BCUT2D eigenvalue weighted by Crippen LogP contribution is -2.19. The van der Waals surface area contributed by atoms with Gasteiger partial charge in [0.2, 0.25) is 0 Å². The Morgan fingerprint density at radius 3 is 2.48 bits per heavy atom. The van der Waals surface area contributed by atoms with Crippen LogP contribution < -0.4 is 14.2 Å². The summed E-state index contributed by atoms with van der Waals surface area (Å²) in [6, 6.07) is 11.2. The van der Waals surface area contributed by atoms with Crippen LogP contribution in [-0.2, 0) is 6.42 Å². The molecular weight excluding hydrogens is 268 g/mol. The molecule has 0 fully saturated rings. The molecule has 1 atom stereocenters. The van der Waals surface area contributed by atoms with Crippen molar-refractivity contribution >= 4 is 0 Å². The molecule has 0 radical (unpaired) electrons. The van der Waals surface area contributed by atoms with Crippen molar-refractivity contribution in [1.82, 2.24) is 0 Å². The SMILES string of the molecule is COc1ccc([C@H]2COc3cc(OC)ccc3C2)c(O)c1. The summed E-state index contributed by atoms with van der Waals surface area (Å²) in [6.07, 6.45) is 0.833. The number of benzene rings is 2. The Kier molecular flexibility index (Phi) is 3.60. The summed E-state index contributed by atoms with van der Waals surface area (Å²) in [4.78, 5) is 0. The van der Waals surface area contributed by atoms with Crippen molar-refractivity contribution in [3.8, 4) is 23.0 Å². The van der Waals surface area contributed by atoms with Gasteiger partial charge in [0.05, 0.1) is 20.8 Å². The maximum absolute atomic E-state index is 10.1. The van der Waals surface area contributed by atoms with E-state index in [1.807, 2.05) is 30.3 Å². The lowest BCUT2D eigenvalue weighted by Gasteiger charge is -2.26. The van der Waals surface area contributed by atoms with Crippen LogP contribution in [0.25, 0.3) is 0 Å². The Balaban J connectivity index is 1.86. The van der Waals surface area contributed by atoms with E-state index in [0.29, 0.717) is 12.4 Å². The fourth-order valence-electron chi connectivity index (χ4n) is 2.68. The third-order valence-electron chi connectivity index (χ3n) is 3.86. The molecule has 1 N–H and O–H groups in total. The highest BCUT2D eigenvalue weighted by atomic mass is 16.5. The average Bonchev–Trinajstić information content (AvgIpc) is 2.53. The molecule has 1 aliphatic heterocycles. The molecule has 0 unspecified atom stereocenters. The number of hydrogen-bond donors (Lipinski definition) is 1. The van der Waals surface area contributed by atoms with E-state index in [2.05, 4.69) is 0 Å². The Labute approximate surface area is 123 Å². The molecular formula is C17H18O4. The average molecular weight is 286 g/mol. The highest BCUT2D eigenvalue weighted by Crippen LogP contribution is 2.38. The highest BCUT2D eigenvalue weighted by molar-refractivity contribution is 5.47. The summed E-state index contributed by atoms with van der Waals surface area (Å²) >= 11 is 0. The van der Waals surface area contributed by atoms with Gasteiger partial charge in [0.15, 0.2) is 0 Å². The minimum absolute atomic E-state index is 0.136. The monoisotopic (exact) mass is 286 g/mol. The van der Waals surface area contributed by atoms with E-state index < -0.39 is 0 Å². The zero-order valence-corrected chi connectivity index (χ0v) is 12.1. The topological polar surface area (TPSA) is 47.9 Å². The maximum atomic E-state index is 10.1. The number of rotatable bonds is 3. The van der Waals surface area contributed by atoms with Crippen molar-refractivity contribution in [3.05, 3.63) is 47.5 Å². The second-order valence-electron chi connectivity index (χ2n) is 5.11. The molecule has 21 heavy (non-hydrogen) atoms. The van der Waals surface area contributed by atoms with Crippen molar-refractivity contribution in [3.63, 3.8) is 0 Å². The molecule has 2 aromatic carbocycles. The van der Waals surface area contributed by atoms with Gasteiger partial charge >= 0.3 is 0 Å². The first-order valence-corrected chi connectivity index (χ1v) is 6.88. The van der Waals surface area contributed by atoms with Crippen molar-refractivity contribution in [2.75, 3.05) is 20.8 Å². The second kappa shape index (κ2) is 5.56. The highest BCUT2D eigenvalue weighted by Gasteiger charge is 2.24. The van der Waals surface area contributed by atoms with Crippen molar-refractivity contribution in [2.45, 2.75) is 12.3 Å². The molecule has 0 amide bonds. The third-order valence-corrected chi connectivity index (χ3v) is 3.86. The Bertz CT molecular complexity index is 651. The first-order chi connectivity index (χ1) is 10.2. The Hall–Kier alpha value is -2.36. The van der Waals surface area contributed by atoms with Gasteiger partial charge in [-0.1, -0.05) is 12.1 Å². The molecule has 110 valence electrons. The summed E-state index contributed by atoms with van der Waals surface area (Å²) in [5.74, 6) is 2.69. The minimum atomic E-state index is 0.136. The van der Waals surface area contributed by atoms with E-state index in [0.717, 1.165) is 29.0 Å². The summed E-state index contributed by atoms with van der Waals surface area (Å²) in [5, 5.41) is 10.1. The van der Waals surface area contributed by atoms with Gasteiger partial charge in [0.1, 0.15) is 23.0 Å². The summed E-state index contributed by atoms with van der Waals surface area (Å²) in [5.41, 5.74) is 2.01. The molecule has 4 heteroatoms. The van der Waals surface area contributed by atoms with Crippen LogP contribution in [0.5, 0.6) is 23.0 Å². The van der Waals surface area contributed by atoms with E-state index in [4.69, 9.17) is 14.2 Å². The molecule has 0 spiro atoms. The van der Waals surface area contributed by atoms with Gasteiger partial charge in [0, 0.05) is 23.6 Å². The maximum Gasteiger partial charge on any atom is 0.126 e. The van der Waals surface area contributed by atoms with Crippen LogP contribution in [0.4, 0.5) is 0 Å². The summed E-state index contributed by atoms with van der Waals surface area (Å²) in [6.45, 7) is 0.542.